The van der Waals surface area contributed by atoms with E-state index in [0.29, 0.717) is 5.17 Å². The Morgan fingerprint density at radius 3 is 1.50 bits per heavy atom. The van der Waals surface area contributed by atoms with Crippen LogP contribution in [0.3, 0.4) is 0 Å². The van der Waals surface area contributed by atoms with Gasteiger partial charge in [-0.05, 0) is 24.3 Å². The molecule has 0 aliphatic carbocycles. The third-order valence-corrected chi connectivity index (χ3v) is 3.50. The summed E-state index contributed by atoms with van der Waals surface area (Å²) in [6.45, 7) is 0. The molecule has 22 heavy (non-hydrogen) atoms. The maximum atomic E-state index is 6.41. The Kier molecular flexibility index (Phi) is 4.52. The minimum Gasteiger partial charge on any atom is -0.232 e. The summed E-state index contributed by atoms with van der Waals surface area (Å²) in [5.74, 6) is 0. The fourth-order valence-corrected chi connectivity index (χ4v) is 2.33. The van der Waals surface area contributed by atoms with Gasteiger partial charge >= 0.3 is 0 Å². The van der Waals surface area contributed by atoms with Crippen LogP contribution in [-0.4, -0.2) is 5.17 Å². The van der Waals surface area contributed by atoms with Crippen molar-refractivity contribution in [3.05, 3.63) is 96.6 Å². The molecule has 0 saturated carbocycles. The summed E-state index contributed by atoms with van der Waals surface area (Å²) in [6, 6.07) is 29.7. The van der Waals surface area contributed by atoms with Crippen LogP contribution in [0, 0.1) is 0 Å². The van der Waals surface area contributed by atoms with E-state index in [2.05, 4.69) is 5.10 Å². The van der Waals surface area contributed by atoms with Crippen molar-refractivity contribution >= 4 is 28.1 Å². The van der Waals surface area contributed by atoms with Crippen LogP contribution >= 0.6 is 11.6 Å². The summed E-state index contributed by atoms with van der Waals surface area (Å²) in [4.78, 5) is 0. The monoisotopic (exact) mass is 306 g/mol. The third kappa shape index (κ3) is 3.35. The molecule has 108 valence electrons. The Hall–Kier alpha value is -2.58. The first-order chi connectivity index (χ1) is 10.8. The highest BCUT2D eigenvalue weighted by Gasteiger charge is 2.09. The van der Waals surface area contributed by atoms with Gasteiger partial charge in [0.2, 0.25) is 0 Å². The van der Waals surface area contributed by atoms with Crippen LogP contribution in [0.4, 0.5) is 11.4 Å². The number of rotatable bonds is 4. The van der Waals surface area contributed by atoms with Crippen LogP contribution < -0.4 is 5.01 Å². The fourth-order valence-electron chi connectivity index (χ4n) is 2.12. The average Bonchev–Trinajstić information content (AvgIpc) is 2.62. The molecule has 0 bridgehead atoms. The van der Waals surface area contributed by atoms with Gasteiger partial charge in [0.05, 0.1) is 11.4 Å². The Bertz CT molecular complexity index is 701. The largest absolute Gasteiger partial charge is 0.232 e. The maximum absolute atomic E-state index is 6.41. The van der Waals surface area contributed by atoms with Gasteiger partial charge in [0.1, 0.15) is 0 Å². The lowest BCUT2D eigenvalue weighted by Crippen LogP contribution is -2.11. The highest BCUT2D eigenvalue weighted by molar-refractivity contribution is 6.69. The van der Waals surface area contributed by atoms with Gasteiger partial charge in [0, 0.05) is 5.56 Å². The van der Waals surface area contributed by atoms with Crippen LogP contribution in [0.25, 0.3) is 0 Å². The van der Waals surface area contributed by atoms with Gasteiger partial charge in [-0.2, -0.15) is 5.10 Å². The van der Waals surface area contributed by atoms with Gasteiger partial charge < -0.3 is 0 Å². The number of para-hydroxylation sites is 2. The number of halogens is 1. The standard InChI is InChI=1S/C19H15ClN2/c20-19(16-10-4-1-5-11-16)21-22(17-12-6-2-7-13-17)18-14-8-3-9-15-18/h1-15H/b21-19+. The Balaban J connectivity index is 2.03. The summed E-state index contributed by atoms with van der Waals surface area (Å²) in [5.41, 5.74) is 2.81. The first kappa shape index (κ1) is 14.4. The maximum Gasteiger partial charge on any atom is 0.157 e. The van der Waals surface area contributed by atoms with E-state index in [4.69, 9.17) is 11.6 Å². The molecule has 0 aliphatic heterocycles. The van der Waals surface area contributed by atoms with E-state index in [1.165, 1.54) is 0 Å². The molecule has 0 unspecified atom stereocenters. The molecule has 0 aliphatic rings. The molecule has 3 heteroatoms. The zero-order valence-electron chi connectivity index (χ0n) is 11.9. The van der Waals surface area contributed by atoms with Crippen molar-refractivity contribution in [1.82, 2.24) is 0 Å². The quantitative estimate of drug-likeness (QED) is 0.464. The molecule has 0 radical (unpaired) electrons. The second-order valence-electron chi connectivity index (χ2n) is 4.74. The lowest BCUT2D eigenvalue weighted by molar-refractivity contribution is 1.09. The highest BCUT2D eigenvalue weighted by atomic mass is 35.5. The topological polar surface area (TPSA) is 15.6 Å². The number of benzene rings is 3. The zero-order valence-corrected chi connectivity index (χ0v) is 12.7. The van der Waals surface area contributed by atoms with Crippen LogP contribution in [0.5, 0.6) is 0 Å². The smallest absolute Gasteiger partial charge is 0.157 e. The molecule has 0 N–H and O–H groups in total. The summed E-state index contributed by atoms with van der Waals surface area (Å²) < 4.78 is 0. The van der Waals surface area contributed by atoms with Crippen molar-refractivity contribution in [2.45, 2.75) is 0 Å². The molecule has 3 aromatic rings. The van der Waals surface area contributed by atoms with Crippen LogP contribution in [0.2, 0.25) is 0 Å². The van der Waals surface area contributed by atoms with Gasteiger partial charge in [-0.15, -0.1) is 0 Å². The van der Waals surface area contributed by atoms with E-state index < -0.39 is 0 Å². The zero-order chi connectivity index (χ0) is 15.2. The summed E-state index contributed by atoms with van der Waals surface area (Å²) in [6.07, 6.45) is 0. The predicted octanol–water partition coefficient (Wildman–Crippen LogP) is 5.43. The molecule has 3 rings (SSSR count). The van der Waals surface area contributed by atoms with Gasteiger partial charge in [-0.1, -0.05) is 78.3 Å². The minimum atomic E-state index is 0.452. The normalized spacial score (nSPS) is 11.2. The molecular weight excluding hydrogens is 292 g/mol. The van der Waals surface area contributed by atoms with E-state index >= 15 is 0 Å². The third-order valence-electron chi connectivity index (χ3n) is 3.20. The van der Waals surface area contributed by atoms with E-state index in [9.17, 15) is 0 Å². The molecular formula is C19H15ClN2. The number of anilines is 2. The summed E-state index contributed by atoms with van der Waals surface area (Å²) in [7, 11) is 0. The summed E-state index contributed by atoms with van der Waals surface area (Å²) >= 11 is 6.41. The second kappa shape index (κ2) is 6.92. The molecule has 0 amide bonds. The first-order valence-electron chi connectivity index (χ1n) is 7.04. The molecule has 0 heterocycles. The molecule has 0 atom stereocenters. The molecule has 3 aromatic carbocycles. The molecule has 2 nitrogen and oxygen atoms in total. The van der Waals surface area contributed by atoms with Gasteiger partial charge in [-0.25, -0.2) is 5.01 Å². The van der Waals surface area contributed by atoms with E-state index in [1.807, 2.05) is 96.0 Å². The van der Waals surface area contributed by atoms with E-state index in [0.717, 1.165) is 16.9 Å². The Labute approximate surface area is 135 Å². The van der Waals surface area contributed by atoms with Gasteiger partial charge in [0.15, 0.2) is 5.17 Å². The van der Waals surface area contributed by atoms with Gasteiger partial charge in [-0.3, -0.25) is 0 Å². The lowest BCUT2D eigenvalue weighted by atomic mass is 10.2. The predicted molar refractivity (Wildman–Crippen MR) is 93.9 cm³/mol. The molecule has 0 spiro atoms. The molecule has 0 saturated heterocycles. The molecule has 0 fully saturated rings. The average molecular weight is 307 g/mol. The lowest BCUT2D eigenvalue weighted by Gasteiger charge is -2.19. The van der Waals surface area contributed by atoms with E-state index in [-0.39, 0.29) is 0 Å². The van der Waals surface area contributed by atoms with Crippen molar-refractivity contribution in [1.29, 1.82) is 0 Å². The van der Waals surface area contributed by atoms with Crippen LogP contribution in [-0.2, 0) is 0 Å². The number of hydrogen-bond acceptors (Lipinski definition) is 2. The fraction of sp³-hybridized carbons (Fsp3) is 0. The SMILES string of the molecule is Cl/C(=N/N(c1ccccc1)c1ccccc1)c1ccccc1. The van der Waals surface area contributed by atoms with Crippen molar-refractivity contribution in [3.63, 3.8) is 0 Å². The van der Waals surface area contributed by atoms with Crippen LogP contribution in [0.15, 0.2) is 96.1 Å². The van der Waals surface area contributed by atoms with Crippen LogP contribution in [0.1, 0.15) is 5.56 Å². The van der Waals surface area contributed by atoms with Crippen molar-refractivity contribution in [2.75, 3.05) is 5.01 Å². The van der Waals surface area contributed by atoms with Gasteiger partial charge in [0.25, 0.3) is 0 Å². The second-order valence-corrected chi connectivity index (χ2v) is 5.10. The number of nitrogens with zero attached hydrogens (tertiary/aromatic N) is 2. The molecule has 0 aromatic heterocycles. The number of hydrogen-bond donors (Lipinski definition) is 0. The van der Waals surface area contributed by atoms with Crippen molar-refractivity contribution < 1.29 is 0 Å². The highest BCUT2D eigenvalue weighted by Crippen LogP contribution is 2.26. The minimum absolute atomic E-state index is 0.452. The Morgan fingerprint density at radius 2 is 1.05 bits per heavy atom. The van der Waals surface area contributed by atoms with E-state index in [1.54, 1.807) is 0 Å². The van der Waals surface area contributed by atoms with Crippen molar-refractivity contribution in [2.24, 2.45) is 5.10 Å². The van der Waals surface area contributed by atoms with Crippen molar-refractivity contribution in [3.8, 4) is 0 Å². The number of hydrazone groups is 1. The summed E-state index contributed by atoms with van der Waals surface area (Å²) in [5, 5.41) is 6.90. The first-order valence-corrected chi connectivity index (χ1v) is 7.42. The Morgan fingerprint density at radius 1 is 0.636 bits per heavy atom.